The number of ether oxygens (including phenoxy) is 2. The summed E-state index contributed by atoms with van der Waals surface area (Å²) >= 11 is 0. The Hall–Kier alpha value is -2.82. The first-order valence-electron chi connectivity index (χ1n) is 8.11. The summed E-state index contributed by atoms with van der Waals surface area (Å²) in [6.45, 7) is 4.76. The van der Waals surface area contributed by atoms with Crippen LogP contribution in [-0.4, -0.2) is 43.9 Å². The van der Waals surface area contributed by atoms with E-state index in [1.807, 2.05) is 26.0 Å². The van der Waals surface area contributed by atoms with E-state index in [9.17, 15) is 9.59 Å². The SMILES string of the molecule is Cc1cc(C)cc(OCCN(C)C(=O)COc2ccccc2C=O)c1. The van der Waals surface area contributed by atoms with Crippen LogP contribution >= 0.6 is 0 Å². The van der Waals surface area contributed by atoms with Crippen molar-refractivity contribution in [2.45, 2.75) is 13.8 Å². The predicted molar refractivity (Wildman–Crippen MR) is 96.4 cm³/mol. The highest BCUT2D eigenvalue weighted by Gasteiger charge is 2.11. The van der Waals surface area contributed by atoms with E-state index in [-0.39, 0.29) is 12.5 Å². The summed E-state index contributed by atoms with van der Waals surface area (Å²) in [6, 6.07) is 12.8. The second kappa shape index (κ2) is 8.87. The molecule has 5 heteroatoms. The molecule has 0 bridgehead atoms. The van der Waals surface area contributed by atoms with Gasteiger partial charge >= 0.3 is 0 Å². The van der Waals surface area contributed by atoms with Crippen molar-refractivity contribution in [3.05, 3.63) is 59.2 Å². The van der Waals surface area contributed by atoms with Crippen molar-refractivity contribution in [2.24, 2.45) is 0 Å². The van der Waals surface area contributed by atoms with Crippen molar-refractivity contribution in [2.75, 3.05) is 26.8 Å². The zero-order chi connectivity index (χ0) is 18.2. The number of para-hydroxylation sites is 1. The van der Waals surface area contributed by atoms with Gasteiger partial charge in [0.15, 0.2) is 12.9 Å². The van der Waals surface area contributed by atoms with Gasteiger partial charge in [0.2, 0.25) is 0 Å². The molecule has 0 saturated heterocycles. The van der Waals surface area contributed by atoms with E-state index in [4.69, 9.17) is 9.47 Å². The van der Waals surface area contributed by atoms with Crippen LogP contribution in [0.15, 0.2) is 42.5 Å². The fourth-order valence-electron chi connectivity index (χ4n) is 2.40. The molecule has 5 nitrogen and oxygen atoms in total. The molecule has 0 fully saturated rings. The fraction of sp³-hybridized carbons (Fsp3) is 0.300. The van der Waals surface area contributed by atoms with Gasteiger partial charge in [-0.1, -0.05) is 18.2 Å². The normalized spacial score (nSPS) is 10.2. The van der Waals surface area contributed by atoms with Crippen LogP contribution < -0.4 is 9.47 Å². The van der Waals surface area contributed by atoms with Gasteiger partial charge in [-0.25, -0.2) is 0 Å². The molecule has 0 spiro atoms. The van der Waals surface area contributed by atoms with E-state index in [1.54, 1.807) is 36.2 Å². The quantitative estimate of drug-likeness (QED) is 0.693. The predicted octanol–water partition coefficient (Wildman–Crippen LogP) is 3.03. The minimum absolute atomic E-state index is 0.120. The molecule has 0 aromatic heterocycles. The van der Waals surface area contributed by atoms with Crippen molar-refractivity contribution in [1.82, 2.24) is 4.90 Å². The van der Waals surface area contributed by atoms with Crippen LogP contribution in [0.5, 0.6) is 11.5 Å². The van der Waals surface area contributed by atoms with Gasteiger partial charge in [-0.2, -0.15) is 0 Å². The Kier molecular flexibility index (Phi) is 6.57. The lowest BCUT2D eigenvalue weighted by atomic mass is 10.1. The summed E-state index contributed by atoms with van der Waals surface area (Å²) in [5.41, 5.74) is 2.71. The molecule has 0 saturated carbocycles. The van der Waals surface area contributed by atoms with E-state index in [1.165, 1.54) is 0 Å². The minimum Gasteiger partial charge on any atom is -0.492 e. The summed E-state index contributed by atoms with van der Waals surface area (Å²) in [6.07, 6.45) is 0.710. The average Bonchev–Trinajstić information content (AvgIpc) is 2.58. The molecule has 2 aromatic rings. The van der Waals surface area contributed by atoms with Crippen molar-refractivity contribution >= 4 is 12.2 Å². The number of likely N-dealkylation sites (N-methyl/N-ethyl adjacent to an activating group) is 1. The van der Waals surface area contributed by atoms with E-state index in [0.29, 0.717) is 30.8 Å². The maximum Gasteiger partial charge on any atom is 0.260 e. The monoisotopic (exact) mass is 341 g/mol. The zero-order valence-corrected chi connectivity index (χ0v) is 14.8. The summed E-state index contributed by atoms with van der Waals surface area (Å²) in [7, 11) is 1.70. The third-order valence-electron chi connectivity index (χ3n) is 3.71. The molecule has 132 valence electrons. The molecule has 2 aromatic carbocycles. The van der Waals surface area contributed by atoms with Crippen LogP contribution in [0.1, 0.15) is 21.5 Å². The molecule has 0 unspecified atom stereocenters. The Labute approximate surface area is 148 Å². The van der Waals surface area contributed by atoms with Gasteiger partial charge in [0.25, 0.3) is 5.91 Å². The molecule has 0 radical (unpaired) electrons. The summed E-state index contributed by atoms with van der Waals surface area (Å²) in [5.74, 6) is 1.03. The largest absolute Gasteiger partial charge is 0.492 e. The number of aldehydes is 1. The molecule has 2 rings (SSSR count). The van der Waals surface area contributed by atoms with Gasteiger partial charge in [-0.15, -0.1) is 0 Å². The summed E-state index contributed by atoms with van der Waals surface area (Å²) in [4.78, 5) is 24.6. The third-order valence-corrected chi connectivity index (χ3v) is 3.71. The molecule has 0 aliphatic carbocycles. The lowest BCUT2D eigenvalue weighted by molar-refractivity contribution is -0.132. The van der Waals surface area contributed by atoms with Gasteiger partial charge in [0.1, 0.15) is 18.1 Å². The first-order chi connectivity index (χ1) is 12.0. The number of benzene rings is 2. The van der Waals surface area contributed by atoms with Gasteiger partial charge in [0.05, 0.1) is 12.1 Å². The molecule has 0 N–H and O–H groups in total. The molecule has 0 heterocycles. The van der Waals surface area contributed by atoms with Gasteiger partial charge in [-0.3, -0.25) is 9.59 Å². The van der Waals surface area contributed by atoms with Crippen LogP contribution in [-0.2, 0) is 4.79 Å². The number of carbonyl (C=O) groups is 2. The first-order valence-corrected chi connectivity index (χ1v) is 8.11. The lowest BCUT2D eigenvalue weighted by Crippen LogP contribution is -2.34. The Balaban J connectivity index is 1.79. The fourth-order valence-corrected chi connectivity index (χ4v) is 2.40. The topological polar surface area (TPSA) is 55.8 Å². The van der Waals surface area contributed by atoms with Crippen LogP contribution in [0.4, 0.5) is 0 Å². The van der Waals surface area contributed by atoms with E-state index < -0.39 is 0 Å². The number of rotatable bonds is 8. The van der Waals surface area contributed by atoms with Crippen LogP contribution in [0.25, 0.3) is 0 Å². The van der Waals surface area contributed by atoms with E-state index in [0.717, 1.165) is 16.9 Å². The van der Waals surface area contributed by atoms with E-state index >= 15 is 0 Å². The van der Waals surface area contributed by atoms with Crippen LogP contribution in [0.2, 0.25) is 0 Å². The van der Waals surface area contributed by atoms with Crippen molar-refractivity contribution in [1.29, 1.82) is 0 Å². The number of hydrogen-bond donors (Lipinski definition) is 0. The number of carbonyl (C=O) groups excluding carboxylic acids is 2. The molecule has 25 heavy (non-hydrogen) atoms. The molecular weight excluding hydrogens is 318 g/mol. The third kappa shape index (κ3) is 5.64. The average molecular weight is 341 g/mol. The molecular formula is C20H23NO4. The second-order valence-electron chi connectivity index (χ2n) is 5.93. The van der Waals surface area contributed by atoms with Crippen molar-refractivity contribution < 1.29 is 19.1 Å². The Bertz CT molecular complexity index is 722. The molecule has 0 aliphatic heterocycles. The molecule has 0 atom stereocenters. The first kappa shape index (κ1) is 18.5. The lowest BCUT2D eigenvalue weighted by Gasteiger charge is -2.18. The molecule has 1 amide bonds. The van der Waals surface area contributed by atoms with Crippen molar-refractivity contribution in [3.63, 3.8) is 0 Å². The number of nitrogens with zero attached hydrogens (tertiary/aromatic N) is 1. The Morgan fingerprint density at radius 3 is 2.44 bits per heavy atom. The maximum atomic E-state index is 12.1. The summed E-state index contributed by atoms with van der Waals surface area (Å²) < 4.78 is 11.2. The maximum absolute atomic E-state index is 12.1. The standard InChI is InChI=1S/C20H23NO4/c1-15-10-16(2)12-18(11-15)24-9-8-21(3)20(23)14-25-19-7-5-4-6-17(19)13-22/h4-7,10-13H,8-9,14H2,1-3H3. The number of aryl methyl sites for hydroxylation is 2. The van der Waals surface area contributed by atoms with Gasteiger partial charge < -0.3 is 14.4 Å². The Morgan fingerprint density at radius 1 is 1.08 bits per heavy atom. The smallest absolute Gasteiger partial charge is 0.260 e. The Morgan fingerprint density at radius 2 is 1.76 bits per heavy atom. The van der Waals surface area contributed by atoms with Crippen LogP contribution in [0.3, 0.4) is 0 Å². The van der Waals surface area contributed by atoms with E-state index in [2.05, 4.69) is 6.07 Å². The molecule has 0 aliphatic rings. The number of hydrogen-bond acceptors (Lipinski definition) is 4. The minimum atomic E-state index is -0.176. The van der Waals surface area contributed by atoms with Crippen molar-refractivity contribution in [3.8, 4) is 11.5 Å². The highest BCUT2D eigenvalue weighted by Crippen LogP contribution is 2.17. The zero-order valence-electron chi connectivity index (χ0n) is 14.8. The summed E-state index contributed by atoms with van der Waals surface area (Å²) in [5, 5.41) is 0. The highest BCUT2D eigenvalue weighted by atomic mass is 16.5. The number of amides is 1. The van der Waals surface area contributed by atoms with Crippen LogP contribution in [0, 0.1) is 13.8 Å². The second-order valence-corrected chi connectivity index (χ2v) is 5.93. The highest BCUT2D eigenvalue weighted by molar-refractivity contribution is 5.80. The van der Waals surface area contributed by atoms with Gasteiger partial charge in [-0.05, 0) is 49.2 Å². The van der Waals surface area contributed by atoms with Gasteiger partial charge in [0, 0.05) is 7.05 Å².